The Kier molecular flexibility index (Phi) is 5.14. The smallest absolute Gasteiger partial charge is 0.229 e. The van der Waals surface area contributed by atoms with Crippen LogP contribution in [0.5, 0.6) is 0 Å². The first-order chi connectivity index (χ1) is 13.7. The van der Waals surface area contributed by atoms with Crippen LogP contribution in [-0.2, 0) is 0 Å². The van der Waals surface area contributed by atoms with Crippen molar-refractivity contribution in [3.05, 3.63) is 66.5 Å². The number of benzene rings is 1. The van der Waals surface area contributed by atoms with E-state index in [0.717, 1.165) is 43.5 Å². The Balaban J connectivity index is 1.41. The van der Waals surface area contributed by atoms with E-state index in [1.807, 2.05) is 42.6 Å². The van der Waals surface area contributed by atoms with Crippen LogP contribution < -0.4 is 15.1 Å². The van der Waals surface area contributed by atoms with Gasteiger partial charge in [-0.05, 0) is 49.4 Å². The highest BCUT2D eigenvalue weighted by Crippen LogP contribution is 2.20. The SMILES string of the molecule is CC(=O)c1ccc(Nc2nccc(N3CCN(c4ccccn4)CC3)n2)cc1. The molecular formula is C21H22N6O. The summed E-state index contributed by atoms with van der Waals surface area (Å²) < 4.78 is 0. The summed E-state index contributed by atoms with van der Waals surface area (Å²) in [5.41, 5.74) is 1.54. The Hall–Kier alpha value is -3.48. The number of hydrogen-bond acceptors (Lipinski definition) is 7. The quantitative estimate of drug-likeness (QED) is 0.688. The van der Waals surface area contributed by atoms with Crippen molar-refractivity contribution in [1.29, 1.82) is 0 Å². The number of nitrogens with one attached hydrogen (secondary N) is 1. The lowest BCUT2D eigenvalue weighted by Gasteiger charge is -2.36. The molecule has 0 radical (unpaired) electrons. The maximum absolute atomic E-state index is 11.4. The number of Topliss-reactive ketones (excluding diaryl/α,β-unsaturated/α-hetero) is 1. The van der Waals surface area contributed by atoms with Crippen LogP contribution in [0.15, 0.2) is 60.9 Å². The average Bonchev–Trinajstić information content (AvgIpc) is 2.75. The molecule has 1 saturated heterocycles. The number of carbonyl (C=O) groups is 1. The zero-order valence-corrected chi connectivity index (χ0v) is 15.7. The summed E-state index contributed by atoms with van der Waals surface area (Å²) in [6.07, 6.45) is 3.59. The fourth-order valence-electron chi connectivity index (χ4n) is 3.21. The van der Waals surface area contributed by atoms with Crippen molar-refractivity contribution in [3.8, 4) is 0 Å². The zero-order valence-electron chi connectivity index (χ0n) is 15.7. The van der Waals surface area contributed by atoms with Crippen LogP contribution in [0.2, 0.25) is 0 Å². The van der Waals surface area contributed by atoms with Gasteiger partial charge in [0, 0.05) is 49.8 Å². The Morgan fingerprint density at radius 1 is 0.857 bits per heavy atom. The molecule has 3 heterocycles. The second kappa shape index (κ2) is 8.04. The van der Waals surface area contributed by atoms with Gasteiger partial charge in [0.25, 0.3) is 0 Å². The second-order valence-electron chi connectivity index (χ2n) is 6.66. The van der Waals surface area contributed by atoms with Gasteiger partial charge in [0.15, 0.2) is 5.78 Å². The highest BCUT2D eigenvalue weighted by molar-refractivity contribution is 5.94. The number of anilines is 4. The number of nitrogens with zero attached hydrogens (tertiary/aromatic N) is 5. The van der Waals surface area contributed by atoms with E-state index in [-0.39, 0.29) is 5.78 Å². The first-order valence-electron chi connectivity index (χ1n) is 9.31. The third-order valence-electron chi connectivity index (χ3n) is 4.77. The molecule has 7 nitrogen and oxygen atoms in total. The summed E-state index contributed by atoms with van der Waals surface area (Å²) in [4.78, 5) is 29.3. The molecule has 0 spiro atoms. The molecule has 4 rings (SSSR count). The summed E-state index contributed by atoms with van der Waals surface area (Å²) in [7, 11) is 0. The molecule has 1 aliphatic rings. The van der Waals surface area contributed by atoms with Gasteiger partial charge in [-0.15, -0.1) is 0 Å². The van der Waals surface area contributed by atoms with Crippen LogP contribution in [0.4, 0.5) is 23.3 Å². The topological polar surface area (TPSA) is 74.2 Å². The van der Waals surface area contributed by atoms with E-state index in [9.17, 15) is 4.79 Å². The molecule has 1 N–H and O–H groups in total. The molecule has 0 bridgehead atoms. The molecular weight excluding hydrogens is 352 g/mol. The van der Waals surface area contributed by atoms with E-state index in [0.29, 0.717) is 11.5 Å². The molecule has 2 aromatic heterocycles. The molecule has 3 aromatic rings. The highest BCUT2D eigenvalue weighted by atomic mass is 16.1. The molecule has 7 heteroatoms. The van der Waals surface area contributed by atoms with Gasteiger partial charge in [-0.1, -0.05) is 6.07 Å². The van der Waals surface area contributed by atoms with E-state index < -0.39 is 0 Å². The Labute approximate surface area is 164 Å². The van der Waals surface area contributed by atoms with Crippen molar-refractivity contribution in [2.45, 2.75) is 6.92 Å². The largest absolute Gasteiger partial charge is 0.353 e. The van der Waals surface area contributed by atoms with Crippen molar-refractivity contribution in [3.63, 3.8) is 0 Å². The number of aromatic nitrogens is 3. The van der Waals surface area contributed by atoms with E-state index in [2.05, 4.69) is 30.1 Å². The number of hydrogen-bond donors (Lipinski definition) is 1. The zero-order chi connectivity index (χ0) is 19.3. The van der Waals surface area contributed by atoms with Gasteiger partial charge in [0.2, 0.25) is 5.95 Å². The Morgan fingerprint density at radius 3 is 2.21 bits per heavy atom. The van der Waals surface area contributed by atoms with Crippen molar-refractivity contribution in [2.75, 3.05) is 41.3 Å². The van der Waals surface area contributed by atoms with Crippen LogP contribution in [-0.4, -0.2) is 46.9 Å². The first-order valence-corrected chi connectivity index (χ1v) is 9.31. The normalized spacial score (nSPS) is 14.0. The summed E-state index contributed by atoms with van der Waals surface area (Å²) in [5, 5.41) is 3.20. The van der Waals surface area contributed by atoms with Gasteiger partial charge in [0.1, 0.15) is 11.6 Å². The fourth-order valence-corrected chi connectivity index (χ4v) is 3.21. The number of ketones is 1. The second-order valence-corrected chi connectivity index (χ2v) is 6.66. The van der Waals surface area contributed by atoms with Crippen LogP contribution in [0.25, 0.3) is 0 Å². The van der Waals surface area contributed by atoms with Crippen LogP contribution >= 0.6 is 0 Å². The third kappa shape index (κ3) is 4.09. The monoisotopic (exact) mass is 374 g/mol. The molecule has 1 fully saturated rings. The molecule has 0 unspecified atom stereocenters. The Bertz CT molecular complexity index is 937. The fraction of sp³-hybridized carbons (Fsp3) is 0.238. The Morgan fingerprint density at radius 2 is 1.57 bits per heavy atom. The average molecular weight is 374 g/mol. The molecule has 28 heavy (non-hydrogen) atoms. The predicted octanol–water partition coefficient (Wildman–Crippen LogP) is 3.14. The van der Waals surface area contributed by atoms with Crippen LogP contribution in [0.1, 0.15) is 17.3 Å². The van der Waals surface area contributed by atoms with Gasteiger partial charge in [-0.25, -0.2) is 9.97 Å². The summed E-state index contributed by atoms with van der Waals surface area (Å²) in [6, 6.07) is 15.2. The summed E-state index contributed by atoms with van der Waals surface area (Å²) >= 11 is 0. The maximum Gasteiger partial charge on any atom is 0.229 e. The minimum absolute atomic E-state index is 0.0506. The van der Waals surface area contributed by atoms with Gasteiger partial charge in [0.05, 0.1) is 0 Å². The first kappa shape index (κ1) is 17.9. The summed E-state index contributed by atoms with van der Waals surface area (Å²) in [5.74, 6) is 2.51. The predicted molar refractivity (Wildman–Crippen MR) is 110 cm³/mol. The number of pyridine rings is 1. The van der Waals surface area contributed by atoms with Gasteiger partial charge in [-0.3, -0.25) is 4.79 Å². The standard InChI is InChI=1S/C21H22N6O/c1-16(28)17-5-7-18(8-6-17)24-21-23-11-9-20(25-21)27-14-12-26(13-15-27)19-4-2-3-10-22-19/h2-11H,12-15H2,1H3,(H,23,24,25). The molecule has 1 aromatic carbocycles. The van der Waals surface area contributed by atoms with Gasteiger partial charge in [-0.2, -0.15) is 4.98 Å². The van der Waals surface area contributed by atoms with E-state index in [1.54, 1.807) is 25.3 Å². The maximum atomic E-state index is 11.4. The number of rotatable bonds is 5. The van der Waals surface area contributed by atoms with Crippen LogP contribution in [0.3, 0.4) is 0 Å². The van der Waals surface area contributed by atoms with E-state index >= 15 is 0 Å². The van der Waals surface area contributed by atoms with Crippen molar-refractivity contribution in [2.24, 2.45) is 0 Å². The van der Waals surface area contributed by atoms with Crippen LogP contribution in [0, 0.1) is 0 Å². The third-order valence-corrected chi connectivity index (χ3v) is 4.77. The lowest BCUT2D eigenvalue weighted by Crippen LogP contribution is -2.47. The lowest BCUT2D eigenvalue weighted by atomic mass is 10.1. The number of piperazine rings is 1. The minimum Gasteiger partial charge on any atom is -0.353 e. The molecule has 0 saturated carbocycles. The van der Waals surface area contributed by atoms with Gasteiger partial charge < -0.3 is 15.1 Å². The lowest BCUT2D eigenvalue weighted by molar-refractivity contribution is 0.101. The van der Waals surface area contributed by atoms with E-state index in [1.165, 1.54) is 0 Å². The highest BCUT2D eigenvalue weighted by Gasteiger charge is 2.19. The van der Waals surface area contributed by atoms with Crippen molar-refractivity contribution >= 4 is 29.1 Å². The molecule has 142 valence electrons. The van der Waals surface area contributed by atoms with Gasteiger partial charge >= 0.3 is 0 Å². The molecule has 1 aliphatic heterocycles. The van der Waals surface area contributed by atoms with Crippen molar-refractivity contribution < 1.29 is 4.79 Å². The molecule has 0 aliphatic carbocycles. The summed E-state index contributed by atoms with van der Waals surface area (Å²) in [6.45, 7) is 5.11. The number of carbonyl (C=O) groups excluding carboxylic acids is 1. The molecule has 0 amide bonds. The van der Waals surface area contributed by atoms with Crippen molar-refractivity contribution in [1.82, 2.24) is 15.0 Å². The minimum atomic E-state index is 0.0506. The van der Waals surface area contributed by atoms with E-state index in [4.69, 9.17) is 0 Å². The molecule has 0 atom stereocenters.